The Morgan fingerprint density at radius 3 is 2.85 bits per heavy atom. The summed E-state index contributed by atoms with van der Waals surface area (Å²) in [4.78, 5) is 29.0. The van der Waals surface area contributed by atoms with Crippen molar-refractivity contribution in [3.05, 3.63) is 48.2 Å². The second-order valence-corrected chi connectivity index (χ2v) is 5.65. The number of aliphatic carboxylic acids is 1. The Bertz CT molecular complexity index is 757. The van der Waals surface area contributed by atoms with Crippen molar-refractivity contribution in [2.75, 3.05) is 13.7 Å². The van der Waals surface area contributed by atoms with Crippen molar-refractivity contribution in [1.82, 2.24) is 10.2 Å². The Morgan fingerprint density at radius 1 is 1.46 bits per heavy atom. The Balaban J connectivity index is 2.18. The predicted molar refractivity (Wildman–Crippen MR) is 98.7 cm³/mol. The van der Waals surface area contributed by atoms with Gasteiger partial charge < -0.3 is 25.8 Å². The Hall–Kier alpha value is -3.29. The summed E-state index contributed by atoms with van der Waals surface area (Å²) in [5, 5.41) is 11.8. The number of likely N-dealkylation sites (tertiary alicyclic amines) is 1. The number of nitrogens with one attached hydrogen (secondary N) is 1. The second kappa shape index (κ2) is 8.70. The van der Waals surface area contributed by atoms with Crippen LogP contribution in [-0.4, -0.2) is 48.0 Å². The number of hydrogen-bond donors (Lipinski definition) is 3. The molecule has 0 spiro atoms. The van der Waals surface area contributed by atoms with Gasteiger partial charge in [-0.2, -0.15) is 0 Å². The zero-order valence-electron chi connectivity index (χ0n) is 14.5. The van der Waals surface area contributed by atoms with Crippen molar-refractivity contribution in [2.24, 2.45) is 10.7 Å². The van der Waals surface area contributed by atoms with Gasteiger partial charge in [0.1, 0.15) is 11.8 Å². The average Bonchev–Trinajstić information content (AvgIpc) is 3.11. The van der Waals surface area contributed by atoms with Gasteiger partial charge in [-0.1, -0.05) is 18.7 Å². The van der Waals surface area contributed by atoms with Crippen LogP contribution in [0.5, 0.6) is 5.75 Å². The fourth-order valence-electron chi connectivity index (χ4n) is 2.80. The molecule has 8 heteroatoms. The molecule has 2 amide bonds. The highest BCUT2D eigenvalue weighted by Gasteiger charge is 2.34. The number of methoxy groups -OCH3 is 1. The maximum Gasteiger partial charge on any atom is 0.326 e. The number of carbonyl (C=O) groups excluding carboxylic acids is 1. The average molecular weight is 358 g/mol. The van der Waals surface area contributed by atoms with Gasteiger partial charge in [-0.3, -0.25) is 0 Å². The number of amides is 2. The highest BCUT2D eigenvalue weighted by molar-refractivity contribution is 5.85. The zero-order valence-corrected chi connectivity index (χ0v) is 14.5. The first-order chi connectivity index (χ1) is 12.5. The number of aliphatic imine (C=N–C) groups is 1. The number of hydrogen-bond acceptors (Lipinski definition) is 4. The highest BCUT2D eigenvalue weighted by Crippen LogP contribution is 2.27. The van der Waals surface area contributed by atoms with Crippen LogP contribution >= 0.6 is 0 Å². The van der Waals surface area contributed by atoms with Gasteiger partial charge in [-0.25, -0.2) is 14.6 Å². The monoisotopic (exact) mass is 358 g/mol. The molecule has 1 aliphatic heterocycles. The van der Waals surface area contributed by atoms with Crippen molar-refractivity contribution in [1.29, 1.82) is 0 Å². The number of urea groups is 1. The molecule has 0 bridgehead atoms. The number of benzene rings is 1. The number of allylic oxidation sites excluding steroid dienone is 1. The van der Waals surface area contributed by atoms with Gasteiger partial charge in [0.15, 0.2) is 0 Å². The normalized spacial score (nSPS) is 17.3. The number of ether oxygens (including phenoxy) is 1. The van der Waals surface area contributed by atoms with Gasteiger partial charge >= 0.3 is 12.0 Å². The van der Waals surface area contributed by atoms with Gasteiger partial charge in [0.25, 0.3) is 0 Å². The number of para-hydroxylation sites is 1. The number of carboxylic acids is 1. The second-order valence-electron chi connectivity index (χ2n) is 5.65. The molecule has 0 saturated carbocycles. The maximum atomic E-state index is 12.3. The minimum atomic E-state index is -1.01. The molecule has 4 N–H and O–H groups in total. The van der Waals surface area contributed by atoms with E-state index >= 15 is 0 Å². The standard InChI is InChI=1S/C18H22N4O4/c1-12(21-18(25)22-9-5-7-15(22)17(23)24)10-14(20-11-19)13-6-3-4-8-16(13)26-2/h3-4,6,8,10-11,15H,1,5,7,9H2,2H3,(H2,19,20)(H,21,25)(H,23,24)/b14-10-. The molecule has 8 nitrogen and oxygen atoms in total. The molecule has 1 aromatic rings. The van der Waals surface area contributed by atoms with E-state index in [-0.39, 0.29) is 5.70 Å². The summed E-state index contributed by atoms with van der Waals surface area (Å²) in [6, 6.07) is 5.89. The Morgan fingerprint density at radius 2 is 2.19 bits per heavy atom. The molecule has 1 heterocycles. The molecular weight excluding hydrogens is 336 g/mol. The fourth-order valence-corrected chi connectivity index (χ4v) is 2.80. The van der Waals surface area contributed by atoms with E-state index in [1.807, 2.05) is 12.1 Å². The summed E-state index contributed by atoms with van der Waals surface area (Å²) in [6.07, 6.45) is 3.77. The van der Waals surface area contributed by atoms with Gasteiger partial charge in [0.2, 0.25) is 0 Å². The van der Waals surface area contributed by atoms with Gasteiger partial charge in [0.05, 0.1) is 19.1 Å². The van der Waals surface area contributed by atoms with Crippen LogP contribution < -0.4 is 15.8 Å². The fraction of sp³-hybridized carbons (Fsp3) is 0.278. The molecule has 138 valence electrons. The summed E-state index contributed by atoms with van der Waals surface area (Å²) < 4.78 is 5.31. The topological polar surface area (TPSA) is 117 Å². The van der Waals surface area contributed by atoms with E-state index < -0.39 is 18.0 Å². The molecule has 1 atom stereocenters. The van der Waals surface area contributed by atoms with Crippen molar-refractivity contribution < 1.29 is 19.4 Å². The summed E-state index contributed by atoms with van der Waals surface area (Å²) >= 11 is 0. The third kappa shape index (κ3) is 4.41. The van der Waals surface area contributed by atoms with Crippen molar-refractivity contribution >= 4 is 24.0 Å². The lowest BCUT2D eigenvalue weighted by Gasteiger charge is -2.22. The minimum absolute atomic E-state index is 0.262. The quantitative estimate of drug-likeness (QED) is 0.407. The molecule has 1 saturated heterocycles. The van der Waals surface area contributed by atoms with Crippen LogP contribution in [0, 0.1) is 0 Å². The highest BCUT2D eigenvalue weighted by atomic mass is 16.5. The third-order valence-electron chi connectivity index (χ3n) is 3.97. The molecule has 2 rings (SSSR count). The van der Waals surface area contributed by atoms with Gasteiger partial charge in [-0.15, -0.1) is 0 Å². The number of carbonyl (C=O) groups is 2. The van der Waals surface area contributed by atoms with Gasteiger partial charge in [0, 0.05) is 17.8 Å². The molecule has 0 aliphatic carbocycles. The number of rotatable bonds is 6. The molecule has 1 aromatic carbocycles. The van der Waals surface area contributed by atoms with E-state index in [1.54, 1.807) is 25.3 Å². The molecule has 1 aliphatic rings. The van der Waals surface area contributed by atoms with Crippen LogP contribution in [0.1, 0.15) is 18.4 Å². The largest absolute Gasteiger partial charge is 0.496 e. The minimum Gasteiger partial charge on any atom is -0.496 e. The lowest BCUT2D eigenvalue weighted by atomic mass is 10.1. The van der Waals surface area contributed by atoms with Crippen LogP contribution in [0.4, 0.5) is 4.79 Å². The van der Waals surface area contributed by atoms with Crippen LogP contribution in [0.25, 0.3) is 5.70 Å². The molecule has 1 fully saturated rings. The van der Waals surface area contributed by atoms with Crippen molar-refractivity contribution in [2.45, 2.75) is 18.9 Å². The summed E-state index contributed by atoms with van der Waals surface area (Å²) in [5.74, 6) is -0.421. The number of nitrogens with zero attached hydrogens (tertiary/aromatic N) is 2. The van der Waals surface area contributed by atoms with Crippen molar-refractivity contribution in [3.8, 4) is 5.75 Å². The van der Waals surface area contributed by atoms with E-state index in [4.69, 9.17) is 10.5 Å². The first-order valence-electron chi connectivity index (χ1n) is 8.06. The zero-order chi connectivity index (χ0) is 19.1. The van der Waals surface area contributed by atoms with Crippen molar-refractivity contribution in [3.63, 3.8) is 0 Å². The molecule has 0 aromatic heterocycles. The first kappa shape index (κ1) is 19.0. The first-order valence-corrected chi connectivity index (χ1v) is 8.06. The van der Waals surface area contributed by atoms with Crippen LogP contribution in [-0.2, 0) is 4.79 Å². The van der Waals surface area contributed by atoms with E-state index in [2.05, 4.69) is 16.9 Å². The molecule has 1 unspecified atom stereocenters. The predicted octanol–water partition coefficient (Wildman–Crippen LogP) is 1.80. The molecule has 0 radical (unpaired) electrons. The summed E-state index contributed by atoms with van der Waals surface area (Å²) in [6.45, 7) is 4.19. The third-order valence-corrected chi connectivity index (χ3v) is 3.97. The Labute approximate surface area is 151 Å². The summed E-state index contributed by atoms with van der Waals surface area (Å²) in [5.41, 5.74) is 6.81. The maximum absolute atomic E-state index is 12.3. The van der Waals surface area contributed by atoms with Crippen LogP contribution in [0.3, 0.4) is 0 Å². The number of nitrogens with two attached hydrogens (primary N) is 1. The molecule has 26 heavy (non-hydrogen) atoms. The van der Waals surface area contributed by atoms with E-state index in [0.29, 0.717) is 36.4 Å². The smallest absolute Gasteiger partial charge is 0.326 e. The summed E-state index contributed by atoms with van der Waals surface area (Å²) in [7, 11) is 1.54. The van der Waals surface area contributed by atoms with Crippen LogP contribution in [0.15, 0.2) is 47.6 Å². The van der Waals surface area contributed by atoms with E-state index in [9.17, 15) is 14.7 Å². The lowest BCUT2D eigenvalue weighted by Crippen LogP contribution is -2.45. The van der Waals surface area contributed by atoms with E-state index in [1.165, 1.54) is 4.90 Å². The molecular formula is C18H22N4O4. The Kier molecular flexibility index (Phi) is 6.37. The van der Waals surface area contributed by atoms with E-state index in [0.717, 1.165) is 6.34 Å². The lowest BCUT2D eigenvalue weighted by molar-refractivity contribution is -0.141. The SMILES string of the molecule is C=C(/C=C(\N=CN)c1ccccc1OC)NC(=O)N1CCCC1C(=O)O. The van der Waals surface area contributed by atoms with Crippen LogP contribution in [0.2, 0.25) is 0 Å². The van der Waals surface area contributed by atoms with Gasteiger partial charge in [-0.05, 0) is 31.1 Å². The number of carboxylic acid groups (broad SMARTS) is 1.